The molecule has 94 valence electrons. The highest BCUT2D eigenvalue weighted by atomic mass is 16.5. The SMILES string of the molecule is CCN(CC1CCOCC1)[C@H]1CCCNC1. The van der Waals surface area contributed by atoms with E-state index in [-0.39, 0.29) is 0 Å². The van der Waals surface area contributed by atoms with Gasteiger partial charge in [0.2, 0.25) is 0 Å². The standard InChI is InChI=1S/C13H26N2O/c1-2-15(13-4-3-7-14-10-13)11-12-5-8-16-9-6-12/h12-14H,2-11H2,1H3/t13-/m0/s1. The Bertz CT molecular complexity index is 186. The molecule has 3 heteroatoms. The molecular formula is C13H26N2O. The summed E-state index contributed by atoms with van der Waals surface area (Å²) in [6.07, 6.45) is 5.24. The minimum Gasteiger partial charge on any atom is -0.381 e. The van der Waals surface area contributed by atoms with Crippen molar-refractivity contribution in [1.82, 2.24) is 10.2 Å². The third-order valence-corrected chi connectivity index (χ3v) is 4.03. The number of rotatable bonds is 4. The number of likely N-dealkylation sites (N-methyl/N-ethyl adjacent to an activating group) is 1. The highest BCUT2D eigenvalue weighted by Crippen LogP contribution is 2.19. The predicted octanol–water partition coefficient (Wildman–Crippen LogP) is 1.49. The van der Waals surface area contributed by atoms with Crippen molar-refractivity contribution >= 4 is 0 Å². The van der Waals surface area contributed by atoms with Gasteiger partial charge in [0.05, 0.1) is 0 Å². The van der Waals surface area contributed by atoms with E-state index in [2.05, 4.69) is 17.1 Å². The van der Waals surface area contributed by atoms with Crippen molar-refractivity contribution < 1.29 is 4.74 Å². The number of nitrogens with zero attached hydrogens (tertiary/aromatic N) is 1. The van der Waals surface area contributed by atoms with Crippen molar-refractivity contribution in [3.8, 4) is 0 Å². The molecule has 2 rings (SSSR count). The lowest BCUT2D eigenvalue weighted by Crippen LogP contribution is -2.48. The fraction of sp³-hybridized carbons (Fsp3) is 1.00. The summed E-state index contributed by atoms with van der Waals surface area (Å²) in [7, 11) is 0. The summed E-state index contributed by atoms with van der Waals surface area (Å²) >= 11 is 0. The van der Waals surface area contributed by atoms with Gasteiger partial charge in [-0.2, -0.15) is 0 Å². The molecule has 0 aromatic heterocycles. The van der Waals surface area contributed by atoms with Gasteiger partial charge in [-0.1, -0.05) is 6.92 Å². The Morgan fingerprint density at radius 2 is 2.06 bits per heavy atom. The normalized spacial score (nSPS) is 28.5. The van der Waals surface area contributed by atoms with Gasteiger partial charge < -0.3 is 10.1 Å². The molecule has 2 aliphatic heterocycles. The fourth-order valence-corrected chi connectivity index (χ4v) is 2.94. The molecule has 0 aliphatic carbocycles. The van der Waals surface area contributed by atoms with Crippen LogP contribution in [-0.2, 0) is 4.74 Å². The Kier molecular flexibility index (Phi) is 5.07. The van der Waals surface area contributed by atoms with Crippen molar-refractivity contribution in [1.29, 1.82) is 0 Å². The smallest absolute Gasteiger partial charge is 0.0469 e. The van der Waals surface area contributed by atoms with E-state index in [0.29, 0.717) is 0 Å². The summed E-state index contributed by atoms with van der Waals surface area (Å²) in [5, 5.41) is 3.52. The maximum atomic E-state index is 5.43. The first kappa shape index (κ1) is 12.3. The highest BCUT2D eigenvalue weighted by Gasteiger charge is 2.23. The number of hydrogen-bond donors (Lipinski definition) is 1. The van der Waals surface area contributed by atoms with E-state index < -0.39 is 0 Å². The second-order valence-electron chi connectivity index (χ2n) is 5.14. The van der Waals surface area contributed by atoms with Gasteiger partial charge in [0.25, 0.3) is 0 Å². The first-order valence-electron chi connectivity index (χ1n) is 6.92. The Balaban J connectivity index is 1.78. The lowest BCUT2D eigenvalue weighted by molar-refractivity contribution is 0.0437. The van der Waals surface area contributed by atoms with E-state index in [9.17, 15) is 0 Å². The quantitative estimate of drug-likeness (QED) is 0.786. The Hall–Kier alpha value is -0.120. The average molecular weight is 226 g/mol. The molecule has 0 aromatic carbocycles. The molecule has 1 N–H and O–H groups in total. The first-order chi connectivity index (χ1) is 7.90. The molecule has 0 amide bonds. The first-order valence-corrected chi connectivity index (χ1v) is 6.92. The average Bonchev–Trinajstić information content (AvgIpc) is 2.38. The maximum Gasteiger partial charge on any atom is 0.0469 e. The van der Waals surface area contributed by atoms with Gasteiger partial charge in [-0.3, -0.25) is 4.90 Å². The molecule has 3 nitrogen and oxygen atoms in total. The third kappa shape index (κ3) is 3.44. The summed E-state index contributed by atoms with van der Waals surface area (Å²) in [5.41, 5.74) is 0. The lowest BCUT2D eigenvalue weighted by atomic mass is 9.97. The van der Waals surface area contributed by atoms with Crippen LogP contribution < -0.4 is 5.32 Å². The molecule has 0 spiro atoms. The number of piperidine rings is 1. The second kappa shape index (κ2) is 6.58. The fourth-order valence-electron chi connectivity index (χ4n) is 2.94. The maximum absolute atomic E-state index is 5.43. The zero-order valence-corrected chi connectivity index (χ0v) is 10.6. The van der Waals surface area contributed by atoms with Crippen LogP contribution >= 0.6 is 0 Å². The van der Waals surface area contributed by atoms with Crippen LogP contribution in [0.4, 0.5) is 0 Å². The van der Waals surface area contributed by atoms with E-state index in [1.807, 2.05) is 0 Å². The molecule has 1 atom stereocenters. The zero-order valence-electron chi connectivity index (χ0n) is 10.6. The van der Waals surface area contributed by atoms with Crippen molar-refractivity contribution in [2.45, 2.75) is 38.6 Å². The van der Waals surface area contributed by atoms with Crippen LogP contribution in [0.2, 0.25) is 0 Å². The van der Waals surface area contributed by atoms with Crippen LogP contribution in [0.3, 0.4) is 0 Å². The van der Waals surface area contributed by atoms with Crippen molar-refractivity contribution in [2.24, 2.45) is 5.92 Å². The van der Waals surface area contributed by atoms with E-state index >= 15 is 0 Å². The Morgan fingerprint density at radius 1 is 1.25 bits per heavy atom. The molecule has 0 bridgehead atoms. The molecule has 16 heavy (non-hydrogen) atoms. The third-order valence-electron chi connectivity index (χ3n) is 4.03. The Labute approximate surface area is 99.5 Å². The molecule has 2 aliphatic rings. The van der Waals surface area contributed by atoms with Crippen LogP contribution in [0, 0.1) is 5.92 Å². The molecule has 0 aromatic rings. The summed E-state index contributed by atoms with van der Waals surface area (Å²) < 4.78 is 5.43. The van der Waals surface area contributed by atoms with Gasteiger partial charge in [-0.05, 0) is 44.7 Å². The van der Waals surface area contributed by atoms with Gasteiger partial charge in [-0.25, -0.2) is 0 Å². The molecule has 2 saturated heterocycles. The molecular weight excluding hydrogens is 200 g/mol. The number of nitrogens with one attached hydrogen (secondary N) is 1. The molecule has 0 radical (unpaired) electrons. The Morgan fingerprint density at radius 3 is 2.69 bits per heavy atom. The monoisotopic (exact) mass is 226 g/mol. The van der Waals surface area contributed by atoms with Gasteiger partial charge >= 0.3 is 0 Å². The van der Waals surface area contributed by atoms with Crippen LogP contribution in [0.15, 0.2) is 0 Å². The molecule has 0 unspecified atom stereocenters. The van der Waals surface area contributed by atoms with E-state index in [0.717, 1.165) is 25.2 Å². The molecule has 0 saturated carbocycles. The van der Waals surface area contributed by atoms with Crippen LogP contribution in [0.5, 0.6) is 0 Å². The van der Waals surface area contributed by atoms with Gasteiger partial charge in [-0.15, -0.1) is 0 Å². The van der Waals surface area contributed by atoms with E-state index in [4.69, 9.17) is 4.74 Å². The van der Waals surface area contributed by atoms with Gasteiger partial charge in [0, 0.05) is 32.3 Å². The summed E-state index contributed by atoms with van der Waals surface area (Å²) in [6.45, 7) is 9.14. The number of ether oxygens (including phenoxy) is 1. The highest BCUT2D eigenvalue weighted by molar-refractivity contribution is 4.80. The van der Waals surface area contributed by atoms with Crippen LogP contribution in [0.1, 0.15) is 32.6 Å². The molecule has 2 heterocycles. The predicted molar refractivity (Wildman–Crippen MR) is 66.7 cm³/mol. The van der Waals surface area contributed by atoms with E-state index in [1.54, 1.807) is 0 Å². The zero-order chi connectivity index (χ0) is 11.2. The minimum atomic E-state index is 0.779. The lowest BCUT2D eigenvalue weighted by Gasteiger charge is -2.37. The second-order valence-corrected chi connectivity index (χ2v) is 5.14. The topological polar surface area (TPSA) is 24.5 Å². The van der Waals surface area contributed by atoms with Crippen molar-refractivity contribution in [3.05, 3.63) is 0 Å². The summed E-state index contributed by atoms with van der Waals surface area (Å²) in [6, 6.07) is 0.779. The minimum absolute atomic E-state index is 0.779. The van der Waals surface area contributed by atoms with Crippen molar-refractivity contribution in [3.63, 3.8) is 0 Å². The van der Waals surface area contributed by atoms with Crippen LogP contribution in [-0.4, -0.2) is 50.3 Å². The van der Waals surface area contributed by atoms with Crippen molar-refractivity contribution in [2.75, 3.05) is 39.4 Å². The number of hydrogen-bond acceptors (Lipinski definition) is 3. The van der Waals surface area contributed by atoms with Gasteiger partial charge in [0.15, 0.2) is 0 Å². The largest absolute Gasteiger partial charge is 0.381 e. The summed E-state index contributed by atoms with van der Waals surface area (Å²) in [4.78, 5) is 2.68. The molecule has 2 fully saturated rings. The van der Waals surface area contributed by atoms with Gasteiger partial charge in [0.1, 0.15) is 0 Å². The van der Waals surface area contributed by atoms with Crippen LogP contribution in [0.25, 0.3) is 0 Å². The van der Waals surface area contributed by atoms with E-state index in [1.165, 1.54) is 51.9 Å². The summed E-state index contributed by atoms with van der Waals surface area (Å²) in [5.74, 6) is 0.871.